The standard InChI is InChI=1S/C22H19NO2/c1-2-17-13-15-20(16-14-17)22(23(24)25)21(18-9-5-3-6-10-18)19-11-7-4-8-12-19/h3-16H,2H2,1H3. The Labute approximate surface area is 147 Å². The van der Waals surface area contributed by atoms with E-state index in [1.807, 2.05) is 84.9 Å². The molecule has 0 aliphatic heterocycles. The third kappa shape index (κ3) is 3.66. The normalized spacial score (nSPS) is 10.3. The van der Waals surface area contributed by atoms with Crippen LogP contribution in [0.15, 0.2) is 84.9 Å². The molecular formula is C22H19NO2. The number of benzene rings is 3. The summed E-state index contributed by atoms with van der Waals surface area (Å²) in [7, 11) is 0. The van der Waals surface area contributed by atoms with Crippen LogP contribution in [-0.4, -0.2) is 4.92 Å². The first-order chi connectivity index (χ1) is 12.2. The van der Waals surface area contributed by atoms with Crippen LogP contribution in [0.2, 0.25) is 0 Å². The topological polar surface area (TPSA) is 43.1 Å². The summed E-state index contributed by atoms with van der Waals surface area (Å²) in [6, 6.07) is 26.6. The molecule has 3 rings (SSSR count). The van der Waals surface area contributed by atoms with Gasteiger partial charge in [-0.1, -0.05) is 79.7 Å². The first-order valence-electron chi connectivity index (χ1n) is 8.29. The Kier molecular flexibility index (Phi) is 5.05. The summed E-state index contributed by atoms with van der Waals surface area (Å²) in [5, 5.41) is 12.0. The Balaban J connectivity index is 2.29. The van der Waals surface area contributed by atoms with Gasteiger partial charge in [0.2, 0.25) is 0 Å². The second-order valence-corrected chi connectivity index (χ2v) is 5.76. The molecule has 0 radical (unpaired) electrons. The van der Waals surface area contributed by atoms with Crippen LogP contribution in [0.5, 0.6) is 0 Å². The fourth-order valence-corrected chi connectivity index (χ4v) is 2.89. The second-order valence-electron chi connectivity index (χ2n) is 5.76. The highest BCUT2D eigenvalue weighted by atomic mass is 16.6. The summed E-state index contributed by atoms with van der Waals surface area (Å²) in [5.41, 5.74) is 4.20. The maximum Gasteiger partial charge on any atom is 0.284 e. The largest absolute Gasteiger partial charge is 0.284 e. The number of nitro groups is 1. The van der Waals surface area contributed by atoms with Crippen LogP contribution in [0.25, 0.3) is 11.3 Å². The van der Waals surface area contributed by atoms with Crippen molar-refractivity contribution in [2.75, 3.05) is 0 Å². The molecule has 3 aromatic carbocycles. The smallest absolute Gasteiger partial charge is 0.258 e. The number of aryl methyl sites for hydroxylation is 1. The third-order valence-corrected chi connectivity index (χ3v) is 4.18. The molecule has 3 heteroatoms. The fraction of sp³-hybridized carbons (Fsp3) is 0.0909. The lowest BCUT2D eigenvalue weighted by atomic mass is 9.93. The summed E-state index contributed by atoms with van der Waals surface area (Å²) < 4.78 is 0. The van der Waals surface area contributed by atoms with Crippen molar-refractivity contribution in [3.63, 3.8) is 0 Å². The highest BCUT2D eigenvalue weighted by Crippen LogP contribution is 2.32. The summed E-state index contributed by atoms with van der Waals surface area (Å²) in [5.74, 6) is 0. The molecule has 0 spiro atoms. The van der Waals surface area contributed by atoms with Crippen LogP contribution in [0.3, 0.4) is 0 Å². The Morgan fingerprint density at radius 1 is 0.760 bits per heavy atom. The number of hydrogen-bond acceptors (Lipinski definition) is 2. The third-order valence-electron chi connectivity index (χ3n) is 4.18. The zero-order chi connectivity index (χ0) is 17.6. The lowest BCUT2D eigenvalue weighted by molar-refractivity contribution is -0.374. The molecule has 3 aromatic rings. The Morgan fingerprint density at radius 2 is 1.24 bits per heavy atom. The zero-order valence-electron chi connectivity index (χ0n) is 14.1. The maximum atomic E-state index is 12.0. The SMILES string of the molecule is CCc1ccc(C(=C(c2ccccc2)c2ccccc2)[N+](=O)[O-])cc1. The zero-order valence-corrected chi connectivity index (χ0v) is 14.1. The van der Waals surface area contributed by atoms with Gasteiger partial charge >= 0.3 is 0 Å². The van der Waals surface area contributed by atoms with E-state index in [9.17, 15) is 10.1 Å². The van der Waals surface area contributed by atoms with Crippen LogP contribution < -0.4 is 0 Å². The van der Waals surface area contributed by atoms with Crippen molar-refractivity contribution in [3.8, 4) is 0 Å². The first-order valence-corrected chi connectivity index (χ1v) is 8.29. The summed E-state index contributed by atoms with van der Waals surface area (Å²) >= 11 is 0. The van der Waals surface area contributed by atoms with Gasteiger partial charge in [0, 0.05) is 0 Å². The number of nitrogens with zero attached hydrogens (tertiary/aromatic N) is 1. The highest BCUT2D eigenvalue weighted by molar-refractivity contribution is 5.95. The van der Waals surface area contributed by atoms with Crippen molar-refractivity contribution >= 4 is 11.3 Å². The van der Waals surface area contributed by atoms with Gasteiger partial charge in [-0.15, -0.1) is 0 Å². The predicted octanol–water partition coefficient (Wildman–Crippen LogP) is 5.44. The van der Waals surface area contributed by atoms with Crippen LogP contribution in [0, 0.1) is 10.1 Å². The van der Waals surface area contributed by atoms with Gasteiger partial charge in [-0.25, -0.2) is 0 Å². The summed E-state index contributed by atoms with van der Waals surface area (Å²) in [6.07, 6.45) is 0.905. The molecule has 0 aliphatic rings. The predicted molar refractivity (Wildman–Crippen MR) is 102 cm³/mol. The van der Waals surface area contributed by atoms with Gasteiger partial charge < -0.3 is 0 Å². The molecule has 0 aromatic heterocycles. The van der Waals surface area contributed by atoms with Crippen LogP contribution in [-0.2, 0) is 6.42 Å². The average molecular weight is 329 g/mol. The molecule has 0 unspecified atom stereocenters. The van der Waals surface area contributed by atoms with Crippen molar-refractivity contribution in [1.29, 1.82) is 0 Å². The summed E-state index contributed by atoms with van der Waals surface area (Å²) in [6.45, 7) is 2.07. The van der Waals surface area contributed by atoms with Gasteiger partial charge in [0.25, 0.3) is 5.70 Å². The Morgan fingerprint density at radius 3 is 1.64 bits per heavy atom. The van der Waals surface area contributed by atoms with Crippen molar-refractivity contribution < 1.29 is 4.92 Å². The van der Waals surface area contributed by atoms with E-state index in [1.165, 1.54) is 0 Å². The molecule has 0 amide bonds. The second kappa shape index (κ2) is 7.58. The molecule has 0 saturated heterocycles. The molecule has 0 atom stereocenters. The van der Waals surface area contributed by atoms with Gasteiger partial charge in [0.05, 0.1) is 16.1 Å². The molecule has 0 saturated carbocycles. The van der Waals surface area contributed by atoms with Crippen LogP contribution in [0.1, 0.15) is 29.2 Å². The van der Waals surface area contributed by atoms with E-state index in [2.05, 4.69) is 6.92 Å². The lowest BCUT2D eigenvalue weighted by Gasteiger charge is -2.11. The van der Waals surface area contributed by atoms with Crippen molar-refractivity contribution in [2.24, 2.45) is 0 Å². The molecule has 0 aliphatic carbocycles. The minimum atomic E-state index is -0.281. The van der Waals surface area contributed by atoms with Gasteiger partial charge in [-0.2, -0.15) is 0 Å². The van der Waals surface area contributed by atoms with Gasteiger partial charge in [-0.3, -0.25) is 10.1 Å². The molecule has 0 heterocycles. The van der Waals surface area contributed by atoms with Gasteiger partial charge in [0.15, 0.2) is 0 Å². The van der Waals surface area contributed by atoms with Gasteiger partial charge in [0.1, 0.15) is 0 Å². The van der Waals surface area contributed by atoms with E-state index < -0.39 is 0 Å². The van der Waals surface area contributed by atoms with E-state index in [0.717, 1.165) is 23.1 Å². The van der Waals surface area contributed by atoms with E-state index in [-0.39, 0.29) is 10.6 Å². The fourth-order valence-electron chi connectivity index (χ4n) is 2.89. The van der Waals surface area contributed by atoms with Crippen molar-refractivity contribution in [2.45, 2.75) is 13.3 Å². The highest BCUT2D eigenvalue weighted by Gasteiger charge is 2.23. The molecule has 124 valence electrons. The first kappa shape index (κ1) is 16.7. The van der Waals surface area contributed by atoms with E-state index >= 15 is 0 Å². The average Bonchev–Trinajstić information content (AvgIpc) is 2.67. The summed E-state index contributed by atoms with van der Waals surface area (Å²) in [4.78, 5) is 11.7. The van der Waals surface area contributed by atoms with Gasteiger partial charge in [-0.05, 0) is 35.2 Å². The Hall–Kier alpha value is -3.20. The maximum absolute atomic E-state index is 12.0. The van der Waals surface area contributed by atoms with Crippen LogP contribution >= 0.6 is 0 Å². The molecular weight excluding hydrogens is 310 g/mol. The molecule has 0 bridgehead atoms. The van der Waals surface area contributed by atoms with Crippen LogP contribution in [0.4, 0.5) is 0 Å². The minimum Gasteiger partial charge on any atom is -0.258 e. The van der Waals surface area contributed by atoms with E-state index in [1.54, 1.807) is 0 Å². The molecule has 0 fully saturated rings. The number of hydrogen-bond donors (Lipinski definition) is 0. The van der Waals surface area contributed by atoms with E-state index in [4.69, 9.17) is 0 Å². The molecule has 0 N–H and O–H groups in total. The number of rotatable bonds is 5. The lowest BCUT2D eigenvalue weighted by Crippen LogP contribution is -2.04. The quantitative estimate of drug-likeness (QED) is 0.355. The Bertz CT molecular complexity index is 841. The molecule has 25 heavy (non-hydrogen) atoms. The monoisotopic (exact) mass is 329 g/mol. The van der Waals surface area contributed by atoms with Crippen molar-refractivity contribution in [1.82, 2.24) is 0 Å². The molecule has 3 nitrogen and oxygen atoms in total. The van der Waals surface area contributed by atoms with E-state index in [0.29, 0.717) is 11.1 Å². The minimum absolute atomic E-state index is 0.125. The van der Waals surface area contributed by atoms with Crippen molar-refractivity contribution in [3.05, 3.63) is 117 Å².